The first kappa shape index (κ1) is 24.5. The van der Waals surface area contributed by atoms with Crippen LogP contribution in [0, 0.1) is 0 Å². The average molecular weight is 427 g/mol. The maximum Gasteiger partial charge on any atom is 0.306 e. The Bertz CT molecular complexity index is 702. The number of carbonyl (C=O) groups is 2. The molecule has 0 amide bonds. The third-order valence-electron chi connectivity index (χ3n) is 5.21. The van der Waals surface area contributed by atoms with E-state index in [-0.39, 0.29) is 24.1 Å². The van der Waals surface area contributed by atoms with Crippen molar-refractivity contribution in [2.24, 2.45) is 0 Å². The number of esters is 2. The maximum absolute atomic E-state index is 12.1. The topological polar surface area (TPSA) is 78.4 Å². The van der Waals surface area contributed by atoms with Crippen LogP contribution in [0.15, 0.2) is 49.1 Å². The zero-order valence-corrected chi connectivity index (χ0v) is 18.7. The maximum atomic E-state index is 12.1. The van der Waals surface area contributed by atoms with Crippen molar-refractivity contribution in [3.8, 4) is 0 Å². The van der Waals surface area contributed by atoms with Gasteiger partial charge in [0.05, 0.1) is 0 Å². The van der Waals surface area contributed by atoms with E-state index in [1.807, 2.05) is 38.1 Å². The summed E-state index contributed by atoms with van der Waals surface area (Å²) in [5.74, 6) is -0.317. The molecule has 0 fully saturated rings. The highest BCUT2D eigenvalue weighted by atomic mass is 16.5. The van der Waals surface area contributed by atoms with Gasteiger partial charge in [0.15, 0.2) is 0 Å². The molecule has 0 aliphatic carbocycles. The largest absolute Gasteiger partial charge is 0.457 e. The highest BCUT2D eigenvalue weighted by molar-refractivity contribution is 5.70. The van der Waals surface area contributed by atoms with Crippen LogP contribution < -0.4 is 0 Å². The molecule has 2 unspecified atom stereocenters. The third-order valence-corrected chi connectivity index (χ3v) is 5.21. The lowest BCUT2D eigenvalue weighted by molar-refractivity contribution is -0.150. The summed E-state index contributed by atoms with van der Waals surface area (Å²) in [5, 5.41) is 0. The van der Waals surface area contributed by atoms with Gasteiger partial charge in [-0.1, -0.05) is 33.1 Å². The summed E-state index contributed by atoms with van der Waals surface area (Å²) in [4.78, 5) is 32.2. The molecule has 0 N–H and O–H groups in total. The number of carbonyl (C=O) groups excluding carboxylic acids is 2. The van der Waals surface area contributed by atoms with E-state index in [1.54, 1.807) is 24.8 Å². The zero-order chi connectivity index (χ0) is 22.3. The van der Waals surface area contributed by atoms with Crippen molar-refractivity contribution < 1.29 is 19.1 Å². The second-order valence-electron chi connectivity index (χ2n) is 7.60. The molecule has 6 heteroatoms. The van der Waals surface area contributed by atoms with E-state index in [0.29, 0.717) is 12.8 Å². The van der Waals surface area contributed by atoms with Crippen LogP contribution in [0.5, 0.6) is 0 Å². The minimum atomic E-state index is -0.208. The Morgan fingerprint density at radius 2 is 1.03 bits per heavy atom. The fraction of sp³-hybridized carbons (Fsp3) is 0.520. The molecule has 0 aliphatic heterocycles. The number of ether oxygens (including phenoxy) is 2. The fourth-order valence-corrected chi connectivity index (χ4v) is 3.43. The number of hydrogen-bond acceptors (Lipinski definition) is 6. The lowest BCUT2D eigenvalue weighted by Crippen LogP contribution is -2.11. The molecule has 0 bridgehead atoms. The smallest absolute Gasteiger partial charge is 0.306 e. The summed E-state index contributed by atoms with van der Waals surface area (Å²) >= 11 is 0. The molecule has 2 aromatic heterocycles. The van der Waals surface area contributed by atoms with Gasteiger partial charge in [-0.25, -0.2) is 0 Å². The minimum absolute atomic E-state index is 0.158. The van der Waals surface area contributed by atoms with Gasteiger partial charge in [0.25, 0.3) is 0 Å². The number of hydrogen-bond donors (Lipinski definition) is 0. The van der Waals surface area contributed by atoms with E-state index in [9.17, 15) is 9.59 Å². The molecule has 0 saturated carbocycles. The Hall–Kier alpha value is -2.76. The molecule has 0 saturated heterocycles. The Balaban J connectivity index is 1.55. The monoisotopic (exact) mass is 426 g/mol. The summed E-state index contributed by atoms with van der Waals surface area (Å²) in [5.41, 5.74) is 1.96. The molecule has 2 heterocycles. The highest BCUT2D eigenvalue weighted by Gasteiger charge is 2.15. The minimum Gasteiger partial charge on any atom is -0.457 e. The molecular formula is C25H34N2O4. The van der Waals surface area contributed by atoms with Crippen molar-refractivity contribution in [1.82, 2.24) is 9.97 Å². The van der Waals surface area contributed by atoms with Gasteiger partial charge >= 0.3 is 11.9 Å². The van der Waals surface area contributed by atoms with Gasteiger partial charge in [-0.15, -0.1) is 0 Å². The van der Waals surface area contributed by atoms with Gasteiger partial charge in [-0.2, -0.15) is 0 Å². The third kappa shape index (κ3) is 9.28. The first-order valence-electron chi connectivity index (χ1n) is 11.3. The molecule has 168 valence electrons. The Morgan fingerprint density at radius 3 is 1.39 bits per heavy atom. The van der Waals surface area contributed by atoms with Gasteiger partial charge in [0.2, 0.25) is 0 Å². The summed E-state index contributed by atoms with van der Waals surface area (Å²) in [6.45, 7) is 4.01. The number of nitrogens with zero attached hydrogens (tertiary/aromatic N) is 2. The number of aromatic nitrogens is 2. The van der Waals surface area contributed by atoms with E-state index in [0.717, 1.165) is 56.1 Å². The summed E-state index contributed by atoms with van der Waals surface area (Å²) in [6, 6.07) is 7.52. The molecule has 2 rings (SSSR count). The van der Waals surface area contributed by atoms with E-state index < -0.39 is 0 Å². The van der Waals surface area contributed by atoms with Crippen LogP contribution >= 0.6 is 0 Å². The van der Waals surface area contributed by atoms with Crippen molar-refractivity contribution in [2.75, 3.05) is 0 Å². The normalized spacial score (nSPS) is 12.7. The van der Waals surface area contributed by atoms with Crippen molar-refractivity contribution >= 4 is 11.9 Å². The van der Waals surface area contributed by atoms with E-state index >= 15 is 0 Å². The first-order valence-corrected chi connectivity index (χ1v) is 11.3. The highest BCUT2D eigenvalue weighted by Crippen LogP contribution is 2.22. The molecule has 0 aromatic carbocycles. The molecule has 0 radical (unpaired) electrons. The van der Waals surface area contributed by atoms with Crippen LogP contribution in [0.4, 0.5) is 0 Å². The van der Waals surface area contributed by atoms with Gasteiger partial charge in [0, 0.05) is 37.6 Å². The van der Waals surface area contributed by atoms with Crippen molar-refractivity contribution in [2.45, 2.75) is 83.8 Å². The van der Waals surface area contributed by atoms with Crippen molar-refractivity contribution in [3.63, 3.8) is 0 Å². The predicted molar refractivity (Wildman–Crippen MR) is 119 cm³/mol. The molecule has 2 aromatic rings. The van der Waals surface area contributed by atoms with E-state index in [2.05, 4.69) is 9.97 Å². The Morgan fingerprint density at radius 1 is 0.677 bits per heavy atom. The Labute approximate surface area is 185 Å². The van der Waals surface area contributed by atoms with Crippen LogP contribution in [0.1, 0.15) is 95.0 Å². The first-order chi connectivity index (χ1) is 15.1. The van der Waals surface area contributed by atoms with Crippen LogP contribution in [-0.2, 0) is 19.1 Å². The summed E-state index contributed by atoms with van der Waals surface area (Å²) in [7, 11) is 0. The van der Waals surface area contributed by atoms with Crippen LogP contribution in [0.25, 0.3) is 0 Å². The summed E-state index contributed by atoms with van der Waals surface area (Å²) < 4.78 is 11.2. The standard InChI is InChI=1S/C25H34N2O4/c1-3-22(20-12-16-26-17-13-20)30-24(28)10-8-6-5-7-9-11-25(29)31-23(4-2)21-14-18-27-19-15-21/h12-19,22-23H,3-11H2,1-2H3. The molecule has 2 atom stereocenters. The molecular weight excluding hydrogens is 392 g/mol. The van der Waals surface area contributed by atoms with Gasteiger partial charge in [0.1, 0.15) is 12.2 Å². The number of unbranched alkanes of at least 4 members (excludes halogenated alkanes) is 4. The Kier molecular flexibility index (Phi) is 11.3. The molecule has 0 spiro atoms. The second-order valence-corrected chi connectivity index (χ2v) is 7.60. The van der Waals surface area contributed by atoms with Crippen molar-refractivity contribution in [3.05, 3.63) is 60.2 Å². The zero-order valence-electron chi connectivity index (χ0n) is 18.7. The lowest BCUT2D eigenvalue weighted by atomic mass is 10.1. The quantitative estimate of drug-likeness (QED) is 0.277. The van der Waals surface area contributed by atoms with Gasteiger partial charge in [-0.3, -0.25) is 19.6 Å². The lowest BCUT2D eigenvalue weighted by Gasteiger charge is -2.16. The number of pyridine rings is 2. The summed E-state index contributed by atoms with van der Waals surface area (Å²) in [6.07, 6.45) is 13.3. The SMILES string of the molecule is CCC(OC(=O)CCCCCCCC(=O)OC(CC)c1ccncc1)c1ccncc1. The second kappa shape index (κ2) is 14.3. The molecule has 0 aliphatic rings. The van der Waals surface area contributed by atoms with Crippen LogP contribution in [-0.4, -0.2) is 21.9 Å². The predicted octanol–water partition coefficient (Wildman–Crippen LogP) is 5.90. The average Bonchev–Trinajstić information content (AvgIpc) is 2.81. The van der Waals surface area contributed by atoms with E-state index in [4.69, 9.17) is 9.47 Å². The molecule has 31 heavy (non-hydrogen) atoms. The molecule has 6 nitrogen and oxygen atoms in total. The van der Waals surface area contributed by atoms with E-state index in [1.165, 1.54) is 0 Å². The number of rotatable bonds is 14. The van der Waals surface area contributed by atoms with Crippen molar-refractivity contribution in [1.29, 1.82) is 0 Å². The van der Waals surface area contributed by atoms with Crippen LogP contribution in [0.3, 0.4) is 0 Å². The fourth-order valence-electron chi connectivity index (χ4n) is 3.43. The van der Waals surface area contributed by atoms with Gasteiger partial charge in [-0.05, 0) is 61.1 Å². The van der Waals surface area contributed by atoms with Crippen LogP contribution in [0.2, 0.25) is 0 Å². The van der Waals surface area contributed by atoms with Gasteiger partial charge < -0.3 is 9.47 Å².